The van der Waals surface area contributed by atoms with Gasteiger partial charge in [0.2, 0.25) is 0 Å². The van der Waals surface area contributed by atoms with Gasteiger partial charge in [0.15, 0.2) is 6.61 Å². The number of ether oxygens (including phenoxy) is 1. The lowest BCUT2D eigenvalue weighted by Crippen LogP contribution is -2.31. The summed E-state index contributed by atoms with van der Waals surface area (Å²) in [6, 6.07) is 11.8. The molecule has 1 atom stereocenters. The SMILES string of the molecule is CC[C@H](CO)NCc1c(OCC(N)=O)ccc2ccccc12. The highest BCUT2D eigenvalue weighted by atomic mass is 16.5. The first-order valence-electron chi connectivity index (χ1n) is 7.41. The van der Waals surface area contributed by atoms with Gasteiger partial charge in [0.05, 0.1) is 6.61 Å². The predicted octanol–water partition coefficient (Wildman–Crippen LogP) is 1.56. The second-order valence-electron chi connectivity index (χ2n) is 5.19. The molecule has 0 aromatic heterocycles. The Hall–Kier alpha value is -2.11. The van der Waals surface area contributed by atoms with E-state index in [0.29, 0.717) is 12.3 Å². The highest BCUT2D eigenvalue weighted by molar-refractivity contribution is 5.88. The maximum Gasteiger partial charge on any atom is 0.255 e. The Bertz CT molecular complexity index is 639. The molecule has 0 fully saturated rings. The zero-order chi connectivity index (χ0) is 15.9. The van der Waals surface area contributed by atoms with Gasteiger partial charge in [-0.1, -0.05) is 37.3 Å². The average Bonchev–Trinajstić information content (AvgIpc) is 2.54. The standard InChI is InChI=1S/C17H22N2O3/c1-2-13(10-20)19-9-15-14-6-4-3-5-12(14)7-8-16(15)22-11-17(18)21/h3-8,13,19-20H,2,9-11H2,1H3,(H2,18,21)/t13-/m1/s1. The maximum atomic E-state index is 11.0. The average molecular weight is 302 g/mol. The van der Waals surface area contributed by atoms with Gasteiger partial charge >= 0.3 is 0 Å². The molecule has 118 valence electrons. The number of fused-ring (bicyclic) bond motifs is 1. The van der Waals surface area contributed by atoms with Crippen LogP contribution >= 0.6 is 0 Å². The molecule has 2 aromatic carbocycles. The molecule has 4 N–H and O–H groups in total. The van der Waals surface area contributed by atoms with Crippen molar-refractivity contribution in [2.45, 2.75) is 25.9 Å². The molecule has 0 saturated heterocycles. The molecule has 22 heavy (non-hydrogen) atoms. The summed E-state index contributed by atoms with van der Waals surface area (Å²) in [5.74, 6) is 0.131. The van der Waals surface area contributed by atoms with E-state index < -0.39 is 5.91 Å². The molecule has 5 heteroatoms. The first-order valence-corrected chi connectivity index (χ1v) is 7.41. The highest BCUT2D eigenvalue weighted by Crippen LogP contribution is 2.28. The Morgan fingerprint density at radius 2 is 2.09 bits per heavy atom. The Balaban J connectivity index is 2.32. The lowest BCUT2D eigenvalue weighted by molar-refractivity contribution is -0.119. The van der Waals surface area contributed by atoms with Gasteiger partial charge in [-0.15, -0.1) is 0 Å². The van der Waals surface area contributed by atoms with E-state index in [0.717, 1.165) is 22.8 Å². The van der Waals surface area contributed by atoms with Crippen molar-refractivity contribution in [3.63, 3.8) is 0 Å². The lowest BCUT2D eigenvalue weighted by Gasteiger charge is -2.18. The van der Waals surface area contributed by atoms with Crippen molar-refractivity contribution in [3.8, 4) is 5.75 Å². The molecule has 0 unspecified atom stereocenters. The van der Waals surface area contributed by atoms with Crippen LogP contribution in [0.15, 0.2) is 36.4 Å². The zero-order valence-corrected chi connectivity index (χ0v) is 12.7. The number of hydrogen-bond acceptors (Lipinski definition) is 4. The molecule has 2 aromatic rings. The smallest absolute Gasteiger partial charge is 0.255 e. The summed E-state index contributed by atoms with van der Waals surface area (Å²) >= 11 is 0. The van der Waals surface area contributed by atoms with Crippen LogP contribution in [-0.2, 0) is 11.3 Å². The van der Waals surface area contributed by atoms with Crippen LogP contribution in [0.3, 0.4) is 0 Å². The van der Waals surface area contributed by atoms with Crippen molar-refractivity contribution in [1.82, 2.24) is 5.32 Å². The Morgan fingerprint density at radius 1 is 1.32 bits per heavy atom. The fraction of sp³-hybridized carbons (Fsp3) is 0.353. The summed E-state index contributed by atoms with van der Waals surface area (Å²) < 4.78 is 5.53. The number of aliphatic hydroxyl groups excluding tert-OH is 1. The second kappa shape index (κ2) is 7.77. The van der Waals surface area contributed by atoms with Gasteiger partial charge in [0.25, 0.3) is 5.91 Å². The van der Waals surface area contributed by atoms with Crippen molar-refractivity contribution in [2.75, 3.05) is 13.2 Å². The molecule has 0 bridgehead atoms. The number of aliphatic hydroxyl groups is 1. The van der Waals surface area contributed by atoms with E-state index in [4.69, 9.17) is 10.5 Å². The lowest BCUT2D eigenvalue weighted by atomic mass is 10.0. The fourth-order valence-electron chi connectivity index (χ4n) is 2.37. The summed E-state index contributed by atoms with van der Waals surface area (Å²) in [7, 11) is 0. The van der Waals surface area contributed by atoms with E-state index in [-0.39, 0.29) is 19.3 Å². The van der Waals surface area contributed by atoms with Crippen LogP contribution in [0.5, 0.6) is 5.75 Å². The molecule has 0 spiro atoms. The number of benzene rings is 2. The van der Waals surface area contributed by atoms with Crippen molar-refractivity contribution < 1.29 is 14.6 Å². The molecule has 0 aliphatic carbocycles. The van der Waals surface area contributed by atoms with E-state index in [9.17, 15) is 9.90 Å². The van der Waals surface area contributed by atoms with Gasteiger partial charge in [0, 0.05) is 18.2 Å². The van der Waals surface area contributed by atoms with Crippen LogP contribution in [0.1, 0.15) is 18.9 Å². The third kappa shape index (κ3) is 3.96. The number of hydrogen-bond donors (Lipinski definition) is 3. The fourth-order valence-corrected chi connectivity index (χ4v) is 2.37. The van der Waals surface area contributed by atoms with Crippen LogP contribution in [0, 0.1) is 0 Å². The van der Waals surface area contributed by atoms with Gasteiger partial charge in [0.1, 0.15) is 5.75 Å². The van der Waals surface area contributed by atoms with Crippen molar-refractivity contribution in [2.24, 2.45) is 5.73 Å². The molecule has 0 radical (unpaired) electrons. The molecule has 2 rings (SSSR count). The number of rotatable bonds is 8. The molecule has 0 saturated carbocycles. The van der Waals surface area contributed by atoms with E-state index in [1.54, 1.807) is 0 Å². The summed E-state index contributed by atoms with van der Waals surface area (Å²) in [4.78, 5) is 11.0. The molecule has 0 heterocycles. The van der Waals surface area contributed by atoms with Crippen molar-refractivity contribution in [3.05, 3.63) is 42.0 Å². The minimum atomic E-state index is -0.506. The number of nitrogens with one attached hydrogen (secondary N) is 1. The van der Waals surface area contributed by atoms with Gasteiger partial charge < -0.3 is 20.9 Å². The summed E-state index contributed by atoms with van der Waals surface area (Å²) in [6.07, 6.45) is 0.832. The summed E-state index contributed by atoms with van der Waals surface area (Å²) in [5, 5.41) is 14.8. The summed E-state index contributed by atoms with van der Waals surface area (Å²) in [5.41, 5.74) is 6.12. The minimum Gasteiger partial charge on any atom is -0.483 e. The topological polar surface area (TPSA) is 84.6 Å². The molecule has 1 amide bonds. The van der Waals surface area contributed by atoms with E-state index >= 15 is 0 Å². The van der Waals surface area contributed by atoms with Crippen molar-refractivity contribution >= 4 is 16.7 Å². The van der Waals surface area contributed by atoms with Crippen LogP contribution in [0.25, 0.3) is 10.8 Å². The van der Waals surface area contributed by atoms with E-state index in [2.05, 4.69) is 5.32 Å². The van der Waals surface area contributed by atoms with Crippen LogP contribution in [-0.4, -0.2) is 30.3 Å². The Kier molecular flexibility index (Phi) is 5.75. The number of primary amides is 1. The molecular weight excluding hydrogens is 280 g/mol. The second-order valence-corrected chi connectivity index (χ2v) is 5.19. The third-order valence-corrected chi connectivity index (χ3v) is 3.65. The van der Waals surface area contributed by atoms with Gasteiger partial charge in [-0.25, -0.2) is 0 Å². The quantitative estimate of drug-likeness (QED) is 0.691. The van der Waals surface area contributed by atoms with E-state index in [1.165, 1.54) is 0 Å². The number of carbonyl (C=O) groups is 1. The highest BCUT2D eigenvalue weighted by Gasteiger charge is 2.12. The van der Waals surface area contributed by atoms with Crippen LogP contribution in [0.4, 0.5) is 0 Å². The summed E-state index contributed by atoms with van der Waals surface area (Å²) in [6.45, 7) is 2.50. The Morgan fingerprint density at radius 3 is 2.77 bits per heavy atom. The minimum absolute atomic E-state index is 0.0305. The maximum absolute atomic E-state index is 11.0. The third-order valence-electron chi connectivity index (χ3n) is 3.65. The molecular formula is C17H22N2O3. The zero-order valence-electron chi connectivity index (χ0n) is 12.7. The first-order chi connectivity index (χ1) is 10.7. The largest absolute Gasteiger partial charge is 0.483 e. The molecule has 5 nitrogen and oxygen atoms in total. The van der Waals surface area contributed by atoms with Gasteiger partial charge in [-0.3, -0.25) is 4.79 Å². The normalized spacial score (nSPS) is 12.3. The van der Waals surface area contributed by atoms with Gasteiger partial charge in [-0.05, 0) is 23.3 Å². The van der Waals surface area contributed by atoms with Crippen LogP contribution in [0.2, 0.25) is 0 Å². The number of carbonyl (C=O) groups excluding carboxylic acids is 1. The molecule has 0 aliphatic rings. The van der Waals surface area contributed by atoms with Crippen molar-refractivity contribution in [1.29, 1.82) is 0 Å². The van der Waals surface area contributed by atoms with Gasteiger partial charge in [-0.2, -0.15) is 0 Å². The van der Waals surface area contributed by atoms with E-state index in [1.807, 2.05) is 43.3 Å². The number of nitrogens with two attached hydrogens (primary N) is 1. The van der Waals surface area contributed by atoms with Crippen LogP contribution < -0.4 is 15.8 Å². The predicted molar refractivity (Wildman–Crippen MR) is 86.6 cm³/mol. The molecule has 0 aliphatic heterocycles. The Labute approximate surface area is 130 Å². The first kappa shape index (κ1) is 16.3. The number of amides is 1. The monoisotopic (exact) mass is 302 g/mol.